The zero-order chi connectivity index (χ0) is 12.3. The topological polar surface area (TPSA) is 55.4 Å². The van der Waals surface area contributed by atoms with Crippen molar-refractivity contribution in [3.8, 4) is 0 Å². The minimum Gasteiger partial charge on any atom is -0.373 e. The standard InChI is InChI=1S/C12H17NO3S/c1-13-17(14,15)12-7-11(8-12)16-9-10-5-3-2-4-6-10/h2-6,11-13H,7-9H2,1H3. The van der Waals surface area contributed by atoms with Gasteiger partial charge < -0.3 is 4.74 Å². The molecule has 1 saturated carbocycles. The molecule has 1 fully saturated rings. The molecule has 1 N–H and O–H groups in total. The Bertz CT molecular complexity index is 452. The Morgan fingerprint density at radius 1 is 1.29 bits per heavy atom. The zero-order valence-electron chi connectivity index (χ0n) is 9.80. The Morgan fingerprint density at radius 3 is 2.53 bits per heavy atom. The van der Waals surface area contributed by atoms with Gasteiger partial charge in [0.25, 0.3) is 0 Å². The number of rotatable bonds is 5. The van der Waals surface area contributed by atoms with Crippen LogP contribution < -0.4 is 4.72 Å². The molecule has 1 aliphatic carbocycles. The van der Waals surface area contributed by atoms with Crippen molar-refractivity contribution in [3.05, 3.63) is 35.9 Å². The monoisotopic (exact) mass is 255 g/mol. The molecule has 94 valence electrons. The van der Waals surface area contributed by atoms with Crippen molar-refractivity contribution in [1.82, 2.24) is 4.72 Å². The minimum absolute atomic E-state index is 0.0725. The fraction of sp³-hybridized carbons (Fsp3) is 0.500. The van der Waals surface area contributed by atoms with E-state index in [0.717, 1.165) is 5.56 Å². The van der Waals surface area contributed by atoms with Gasteiger partial charge in [-0.2, -0.15) is 0 Å². The highest BCUT2D eigenvalue weighted by molar-refractivity contribution is 7.90. The summed E-state index contributed by atoms with van der Waals surface area (Å²) in [6.45, 7) is 0.553. The number of sulfonamides is 1. The summed E-state index contributed by atoms with van der Waals surface area (Å²) in [6.07, 6.45) is 1.26. The summed E-state index contributed by atoms with van der Waals surface area (Å²) < 4.78 is 30.9. The van der Waals surface area contributed by atoms with Gasteiger partial charge in [-0.05, 0) is 25.5 Å². The van der Waals surface area contributed by atoms with Crippen molar-refractivity contribution >= 4 is 10.0 Å². The summed E-state index contributed by atoms with van der Waals surface area (Å²) >= 11 is 0. The van der Waals surface area contributed by atoms with Gasteiger partial charge in [0.2, 0.25) is 10.0 Å². The van der Waals surface area contributed by atoms with Crippen molar-refractivity contribution in [2.75, 3.05) is 7.05 Å². The summed E-state index contributed by atoms with van der Waals surface area (Å²) in [4.78, 5) is 0. The summed E-state index contributed by atoms with van der Waals surface area (Å²) in [6, 6.07) is 9.89. The number of benzene rings is 1. The SMILES string of the molecule is CNS(=O)(=O)C1CC(OCc2ccccc2)C1. The highest BCUT2D eigenvalue weighted by Crippen LogP contribution is 2.29. The van der Waals surface area contributed by atoms with Crippen molar-refractivity contribution in [1.29, 1.82) is 0 Å². The molecule has 0 heterocycles. The highest BCUT2D eigenvalue weighted by atomic mass is 32.2. The third-order valence-electron chi connectivity index (χ3n) is 3.10. The smallest absolute Gasteiger partial charge is 0.214 e. The summed E-state index contributed by atoms with van der Waals surface area (Å²) in [5.41, 5.74) is 1.12. The number of ether oxygens (including phenoxy) is 1. The second kappa shape index (κ2) is 5.16. The number of hydrogen-bond donors (Lipinski definition) is 1. The minimum atomic E-state index is -3.11. The zero-order valence-corrected chi connectivity index (χ0v) is 10.6. The van der Waals surface area contributed by atoms with Crippen LogP contribution in [0.15, 0.2) is 30.3 Å². The van der Waals surface area contributed by atoms with Crippen LogP contribution in [0.2, 0.25) is 0 Å². The molecule has 1 aromatic rings. The van der Waals surface area contributed by atoms with Crippen LogP contribution in [0.25, 0.3) is 0 Å². The van der Waals surface area contributed by atoms with Crippen LogP contribution in [0.1, 0.15) is 18.4 Å². The number of nitrogens with one attached hydrogen (secondary N) is 1. The Morgan fingerprint density at radius 2 is 1.94 bits per heavy atom. The van der Waals surface area contributed by atoms with E-state index < -0.39 is 10.0 Å². The van der Waals surface area contributed by atoms with Gasteiger partial charge in [-0.3, -0.25) is 0 Å². The first-order chi connectivity index (χ1) is 8.12. The van der Waals surface area contributed by atoms with Crippen LogP contribution in [0, 0.1) is 0 Å². The normalized spacial score (nSPS) is 24.3. The lowest BCUT2D eigenvalue weighted by atomic mass is 9.95. The van der Waals surface area contributed by atoms with Gasteiger partial charge in [-0.15, -0.1) is 0 Å². The maximum Gasteiger partial charge on any atom is 0.214 e. The van der Waals surface area contributed by atoms with Gasteiger partial charge in [0.15, 0.2) is 0 Å². The molecule has 0 aliphatic heterocycles. The molecule has 5 heteroatoms. The molecular formula is C12H17NO3S. The lowest BCUT2D eigenvalue weighted by Crippen LogP contribution is -2.45. The number of hydrogen-bond acceptors (Lipinski definition) is 3. The largest absolute Gasteiger partial charge is 0.373 e. The van der Waals surface area contributed by atoms with E-state index in [-0.39, 0.29) is 11.4 Å². The van der Waals surface area contributed by atoms with Gasteiger partial charge in [0.05, 0.1) is 18.0 Å². The molecule has 0 unspecified atom stereocenters. The summed E-state index contributed by atoms with van der Waals surface area (Å²) in [7, 11) is -1.66. The van der Waals surface area contributed by atoms with Gasteiger partial charge in [0.1, 0.15) is 0 Å². The molecule has 1 aliphatic rings. The fourth-order valence-electron chi connectivity index (χ4n) is 1.86. The Kier molecular flexibility index (Phi) is 3.81. The lowest BCUT2D eigenvalue weighted by Gasteiger charge is -2.34. The first-order valence-electron chi connectivity index (χ1n) is 5.69. The lowest BCUT2D eigenvalue weighted by molar-refractivity contribution is -0.00665. The summed E-state index contributed by atoms with van der Waals surface area (Å²) in [5.74, 6) is 0. The van der Waals surface area contributed by atoms with Crippen LogP contribution >= 0.6 is 0 Å². The molecule has 0 spiro atoms. The van der Waals surface area contributed by atoms with E-state index in [0.29, 0.717) is 19.4 Å². The Hall–Kier alpha value is -0.910. The molecule has 0 aromatic heterocycles. The Labute approximate surface area is 102 Å². The predicted molar refractivity (Wildman–Crippen MR) is 66.0 cm³/mol. The van der Waals surface area contributed by atoms with Crippen molar-refractivity contribution in [3.63, 3.8) is 0 Å². The molecule has 0 bridgehead atoms. The maximum absolute atomic E-state index is 11.4. The van der Waals surface area contributed by atoms with E-state index in [4.69, 9.17) is 4.74 Å². The van der Waals surface area contributed by atoms with E-state index in [1.54, 1.807) is 0 Å². The maximum atomic E-state index is 11.4. The van der Waals surface area contributed by atoms with Crippen molar-refractivity contribution < 1.29 is 13.2 Å². The predicted octanol–water partition coefficient (Wildman–Crippen LogP) is 1.28. The van der Waals surface area contributed by atoms with E-state index >= 15 is 0 Å². The van der Waals surface area contributed by atoms with Crippen LogP contribution in [-0.2, 0) is 21.4 Å². The van der Waals surface area contributed by atoms with Gasteiger partial charge in [0, 0.05) is 0 Å². The third kappa shape index (κ3) is 3.06. The van der Waals surface area contributed by atoms with Gasteiger partial charge in [-0.1, -0.05) is 30.3 Å². The van der Waals surface area contributed by atoms with E-state index in [9.17, 15) is 8.42 Å². The van der Waals surface area contributed by atoms with Crippen LogP contribution in [0.4, 0.5) is 0 Å². The third-order valence-corrected chi connectivity index (χ3v) is 4.94. The first-order valence-corrected chi connectivity index (χ1v) is 7.24. The van der Waals surface area contributed by atoms with E-state index in [1.165, 1.54) is 7.05 Å². The molecule has 0 saturated heterocycles. The van der Waals surface area contributed by atoms with Crippen molar-refractivity contribution in [2.24, 2.45) is 0 Å². The van der Waals surface area contributed by atoms with E-state index in [1.807, 2.05) is 30.3 Å². The molecule has 1 aromatic carbocycles. The molecular weight excluding hydrogens is 238 g/mol. The molecule has 0 atom stereocenters. The Balaban J connectivity index is 1.75. The second-order valence-electron chi connectivity index (χ2n) is 4.26. The quantitative estimate of drug-likeness (QED) is 0.862. The first kappa shape index (κ1) is 12.5. The average molecular weight is 255 g/mol. The van der Waals surface area contributed by atoms with Crippen LogP contribution in [0.3, 0.4) is 0 Å². The second-order valence-corrected chi connectivity index (χ2v) is 6.43. The molecule has 4 nitrogen and oxygen atoms in total. The highest BCUT2D eigenvalue weighted by Gasteiger charge is 2.38. The van der Waals surface area contributed by atoms with Crippen LogP contribution in [0.5, 0.6) is 0 Å². The van der Waals surface area contributed by atoms with E-state index in [2.05, 4.69) is 4.72 Å². The molecule has 17 heavy (non-hydrogen) atoms. The molecule has 0 radical (unpaired) electrons. The average Bonchev–Trinajstić information content (AvgIpc) is 2.28. The van der Waals surface area contributed by atoms with Gasteiger partial charge >= 0.3 is 0 Å². The summed E-state index contributed by atoms with van der Waals surface area (Å²) in [5, 5.41) is -0.284. The van der Waals surface area contributed by atoms with Gasteiger partial charge in [-0.25, -0.2) is 13.1 Å². The molecule has 2 rings (SSSR count). The van der Waals surface area contributed by atoms with Crippen molar-refractivity contribution in [2.45, 2.75) is 30.8 Å². The fourth-order valence-corrected chi connectivity index (χ4v) is 3.13. The van der Waals surface area contributed by atoms with Crippen LogP contribution in [-0.4, -0.2) is 26.8 Å². The molecule has 0 amide bonds.